The fraction of sp³-hybridized carbons (Fsp3) is 0.263. The molecule has 130 valence electrons. The molecule has 2 N–H and O–H groups in total. The summed E-state index contributed by atoms with van der Waals surface area (Å²) in [4.78, 5) is 23.8. The molecule has 0 aromatic heterocycles. The Labute approximate surface area is 149 Å². The normalized spacial score (nSPS) is 19.9. The van der Waals surface area contributed by atoms with E-state index in [4.69, 9.17) is 11.6 Å². The molecule has 0 saturated heterocycles. The van der Waals surface area contributed by atoms with Crippen LogP contribution in [0.2, 0.25) is 5.02 Å². The number of carbonyl (C=O) groups excluding carboxylic acids is 1. The van der Waals surface area contributed by atoms with Crippen molar-refractivity contribution in [2.75, 3.05) is 6.54 Å². The quantitative estimate of drug-likeness (QED) is 0.826. The van der Waals surface area contributed by atoms with Gasteiger partial charge in [0, 0.05) is 17.5 Å². The van der Waals surface area contributed by atoms with Crippen molar-refractivity contribution < 1.29 is 19.1 Å². The van der Waals surface area contributed by atoms with Gasteiger partial charge in [0.15, 0.2) is 0 Å². The Bertz CT molecular complexity index is 794. The smallest absolute Gasteiger partial charge is 0.312 e. The summed E-state index contributed by atoms with van der Waals surface area (Å²) in [5.41, 5.74) is 1.39. The van der Waals surface area contributed by atoms with Crippen LogP contribution >= 0.6 is 11.6 Å². The second kappa shape index (κ2) is 7.23. The molecule has 3 rings (SSSR count). The highest BCUT2D eigenvalue weighted by molar-refractivity contribution is 6.31. The predicted molar refractivity (Wildman–Crippen MR) is 92.1 cm³/mol. The minimum atomic E-state index is -1.06. The molecule has 1 saturated carbocycles. The van der Waals surface area contributed by atoms with E-state index in [1.165, 1.54) is 24.3 Å². The Morgan fingerprint density at radius 2 is 1.88 bits per heavy atom. The maximum atomic E-state index is 13.0. The Morgan fingerprint density at radius 1 is 1.20 bits per heavy atom. The lowest BCUT2D eigenvalue weighted by molar-refractivity contribution is -0.138. The molecule has 0 heterocycles. The maximum Gasteiger partial charge on any atom is 0.312 e. The molecular formula is C19H17ClFNO3. The first kappa shape index (κ1) is 17.4. The molecule has 2 aromatic carbocycles. The third-order valence-corrected chi connectivity index (χ3v) is 4.83. The molecular weight excluding hydrogens is 345 g/mol. The summed E-state index contributed by atoms with van der Waals surface area (Å²) in [6, 6.07) is 12.7. The largest absolute Gasteiger partial charge is 0.481 e. The van der Waals surface area contributed by atoms with Crippen LogP contribution in [0.3, 0.4) is 0 Å². The fourth-order valence-electron chi connectivity index (χ4n) is 2.98. The molecule has 3 atom stereocenters. The monoisotopic (exact) mass is 361 g/mol. The first-order valence-corrected chi connectivity index (χ1v) is 8.35. The van der Waals surface area contributed by atoms with Crippen molar-refractivity contribution in [3.05, 3.63) is 70.5 Å². The van der Waals surface area contributed by atoms with Crippen LogP contribution in [-0.4, -0.2) is 23.5 Å². The summed E-state index contributed by atoms with van der Waals surface area (Å²) in [5, 5.41) is 12.7. The Morgan fingerprint density at radius 3 is 2.52 bits per heavy atom. The van der Waals surface area contributed by atoms with Crippen LogP contribution in [0.5, 0.6) is 0 Å². The number of carboxylic acid groups (broad SMARTS) is 1. The lowest BCUT2D eigenvalue weighted by Crippen LogP contribution is -2.33. The van der Waals surface area contributed by atoms with Gasteiger partial charge in [0.1, 0.15) is 5.82 Å². The molecule has 0 aliphatic heterocycles. The van der Waals surface area contributed by atoms with Crippen LogP contribution < -0.4 is 5.32 Å². The van der Waals surface area contributed by atoms with E-state index in [0.29, 0.717) is 17.0 Å². The SMILES string of the molecule is O=C(O)C(CNC(=O)[C@@H]1C[C@H]1c1ccccc1Cl)c1ccc(F)cc1. The summed E-state index contributed by atoms with van der Waals surface area (Å²) in [6.07, 6.45) is 0.698. The summed E-state index contributed by atoms with van der Waals surface area (Å²) in [6.45, 7) is -0.0362. The van der Waals surface area contributed by atoms with Gasteiger partial charge in [0.05, 0.1) is 5.92 Å². The van der Waals surface area contributed by atoms with Gasteiger partial charge in [0.2, 0.25) is 5.91 Å². The average Bonchev–Trinajstić information content (AvgIpc) is 3.37. The van der Waals surface area contributed by atoms with Gasteiger partial charge in [-0.1, -0.05) is 41.9 Å². The molecule has 0 radical (unpaired) electrons. The van der Waals surface area contributed by atoms with Gasteiger partial charge < -0.3 is 10.4 Å². The van der Waals surface area contributed by atoms with Crippen molar-refractivity contribution in [2.24, 2.45) is 5.92 Å². The van der Waals surface area contributed by atoms with Crippen molar-refractivity contribution in [2.45, 2.75) is 18.3 Å². The highest BCUT2D eigenvalue weighted by Crippen LogP contribution is 2.49. The molecule has 4 nitrogen and oxygen atoms in total. The topological polar surface area (TPSA) is 66.4 Å². The standard InChI is InChI=1S/C19H17ClFNO3/c20-17-4-2-1-3-13(17)14-9-15(14)18(23)22-10-16(19(24)25)11-5-7-12(21)8-6-11/h1-8,14-16H,9-10H2,(H,22,23)(H,24,25)/t14-,15+,16?/m0/s1. The first-order chi connectivity index (χ1) is 12.0. The van der Waals surface area contributed by atoms with Crippen molar-refractivity contribution in [3.8, 4) is 0 Å². The second-order valence-electron chi connectivity index (χ2n) is 6.16. The van der Waals surface area contributed by atoms with E-state index in [1.54, 1.807) is 6.07 Å². The molecule has 6 heteroatoms. The van der Waals surface area contributed by atoms with Crippen LogP contribution in [0.15, 0.2) is 48.5 Å². The van der Waals surface area contributed by atoms with Crippen molar-refractivity contribution >= 4 is 23.5 Å². The van der Waals surface area contributed by atoms with Crippen molar-refractivity contribution in [3.63, 3.8) is 0 Å². The number of carbonyl (C=O) groups is 2. The van der Waals surface area contributed by atoms with Gasteiger partial charge >= 0.3 is 5.97 Å². The zero-order valence-corrected chi connectivity index (χ0v) is 14.0. The number of halogens is 2. The van der Waals surface area contributed by atoms with Gasteiger partial charge in [-0.3, -0.25) is 9.59 Å². The molecule has 1 fully saturated rings. The number of carboxylic acids is 1. The minimum Gasteiger partial charge on any atom is -0.481 e. The number of amides is 1. The number of nitrogens with one attached hydrogen (secondary N) is 1. The number of hydrogen-bond acceptors (Lipinski definition) is 2. The number of hydrogen-bond donors (Lipinski definition) is 2. The zero-order valence-electron chi connectivity index (χ0n) is 13.3. The molecule has 1 amide bonds. The second-order valence-corrected chi connectivity index (χ2v) is 6.56. The van der Waals surface area contributed by atoms with E-state index in [9.17, 15) is 19.1 Å². The van der Waals surface area contributed by atoms with Gasteiger partial charge in [-0.2, -0.15) is 0 Å². The molecule has 25 heavy (non-hydrogen) atoms. The van der Waals surface area contributed by atoms with Crippen molar-refractivity contribution in [1.29, 1.82) is 0 Å². The Balaban J connectivity index is 1.61. The molecule has 1 aliphatic carbocycles. The van der Waals surface area contributed by atoms with Crippen LogP contribution in [0.1, 0.15) is 29.4 Å². The maximum absolute atomic E-state index is 13.0. The number of aliphatic carboxylic acids is 1. The Hall–Kier alpha value is -2.40. The molecule has 0 spiro atoms. The summed E-state index contributed by atoms with van der Waals surface area (Å²) in [7, 11) is 0. The van der Waals surface area contributed by atoms with Crippen LogP contribution in [0.4, 0.5) is 4.39 Å². The Kier molecular flexibility index (Phi) is 5.04. The number of rotatable bonds is 6. The summed E-state index contributed by atoms with van der Waals surface area (Å²) in [5.74, 6) is -2.71. The van der Waals surface area contributed by atoms with Crippen molar-refractivity contribution in [1.82, 2.24) is 5.32 Å². The van der Waals surface area contributed by atoms with Gasteiger partial charge in [-0.25, -0.2) is 4.39 Å². The first-order valence-electron chi connectivity index (χ1n) is 7.97. The third-order valence-electron chi connectivity index (χ3n) is 4.48. The van der Waals surface area contributed by atoms with E-state index in [0.717, 1.165) is 5.56 Å². The predicted octanol–water partition coefficient (Wildman–Crippen LogP) is 3.57. The van der Waals surface area contributed by atoms with Crippen LogP contribution in [0.25, 0.3) is 0 Å². The lowest BCUT2D eigenvalue weighted by atomic mass is 9.99. The molecule has 1 aliphatic rings. The van der Waals surface area contributed by atoms with E-state index in [-0.39, 0.29) is 24.3 Å². The summed E-state index contributed by atoms with van der Waals surface area (Å²) < 4.78 is 13.0. The lowest BCUT2D eigenvalue weighted by Gasteiger charge is -2.14. The van der Waals surface area contributed by atoms with E-state index < -0.39 is 17.7 Å². The fourth-order valence-corrected chi connectivity index (χ4v) is 3.26. The highest BCUT2D eigenvalue weighted by Gasteiger charge is 2.44. The molecule has 0 bridgehead atoms. The van der Waals surface area contributed by atoms with Gasteiger partial charge in [-0.05, 0) is 41.7 Å². The van der Waals surface area contributed by atoms with Crippen LogP contribution in [-0.2, 0) is 9.59 Å². The molecule has 2 aromatic rings. The van der Waals surface area contributed by atoms with Gasteiger partial charge in [-0.15, -0.1) is 0 Å². The minimum absolute atomic E-state index is 0.0362. The molecule has 1 unspecified atom stereocenters. The van der Waals surface area contributed by atoms with E-state index in [1.807, 2.05) is 18.2 Å². The average molecular weight is 362 g/mol. The van der Waals surface area contributed by atoms with E-state index >= 15 is 0 Å². The van der Waals surface area contributed by atoms with Crippen LogP contribution in [0, 0.1) is 11.7 Å². The number of benzene rings is 2. The van der Waals surface area contributed by atoms with E-state index in [2.05, 4.69) is 5.32 Å². The third kappa shape index (κ3) is 3.99. The highest BCUT2D eigenvalue weighted by atomic mass is 35.5. The summed E-state index contributed by atoms with van der Waals surface area (Å²) >= 11 is 6.15. The van der Waals surface area contributed by atoms with Gasteiger partial charge in [0.25, 0.3) is 0 Å². The zero-order chi connectivity index (χ0) is 18.0.